The second-order valence-electron chi connectivity index (χ2n) is 7.34. The van der Waals surface area contributed by atoms with E-state index in [0.29, 0.717) is 17.4 Å². The van der Waals surface area contributed by atoms with Crippen LogP contribution < -0.4 is 0 Å². The summed E-state index contributed by atoms with van der Waals surface area (Å²) in [6.45, 7) is 18.3. The molecule has 0 saturated carbocycles. The zero-order chi connectivity index (χ0) is 13.8. The summed E-state index contributed by atoms with van der Waals surface area (Å²) < 4.78 is 6.01. The predicted octanol–water partition coefficient (Wildman–Crippen LogP) is 3.81. The van der Waals surface area contributed by atoms with Crippen molar-refractivity contribution in [2.24, 2.45) is 17.3 Å². The van der Waals surface area contributed by atoms with Gasteiger partial charge in [0, 0.05) is 13.1 Å². The second-order valence-corrected chi connectivity index (χ2v) is 7.34. The van der Waals surface area contributed by atoms with Crippen molar-refractivity contribution in [2.45, 2.75) is 60.5 Å². The van der Waals surface area contributed by atoms with E-state index >= 15 is 0 Å². The van der Waals surface area contributed by atoms with Gasteiger partial charge in [-0.3, -0.25) is 4.90 Å². The molecule has 108 valence electrons. The first-order valence-electron chi connectivity index (χ1n) is 7.67. The van der Waals surface area contributed by atoms with Gasteiger partial charge < -0.3 is 4.74 Å². The number of hydrogen-bond donors (Lipinski definition) is 0. The van der Waals surface area contributed by atoms with Gasteiger partial charge >= 0.3 is 0 Å². The molecular formula is C16H33NO. The Kier molecular flexibility index (Phi) is 6.13. The zero-order valence-electron chi connectivity index (χ0n) is 13.3. The van der Waals surface area contributed by atoms with Crippen molar-refractivity contribution < 1.29 is 4.74 Å². The third kappa shape index (κ3) is 5.27. The summed E-state index contributed by atoms with van der Waals surface area (Å²) in [4.78, 5) is 2.60. The lowest BCUT2D eigenvalue weighted by molar-refractivity contribution is -0.0697. The third-order valence-corrected chi connectivity index (χ3v) is 4.16. The van der Waals surface area contributed by atoms with Gasteiger partial charge in [0.05, 0.1) is 12.7 Å². The van der Waals surface area contributed by atoms with Gasteiger partial charge in [0.1, 0.15) is 0 Å². The number of morpholine rings is 1. The Labute approximate surface area is 114 Å². The maximum atomic E-state index is 6.01. The standard InChI is InChI=1S/C16H33NO/c1-7-14(13(2)3)15-12-17(10-11-18-15)9-8-16(4,5)6/h13-15H,7-12H2,1-6H3/t14?,15-/m0/s1. The Morgan fingerprint density at radius 3 is 2.44 bits per heavy atom. The lowest BCUT2D eigenvalue weighted by Gasteiger charge is -2.39. The Balaban J connectivity index is 2.45. The van der Waals surface area contributed by atoms with E-state index in [2.05, 4.69) is 46.4 Å². The average Bonchev–Trinajstić information content (AvgIpc) is 2.26. The van der Waals surface area contributed by atoms with Crippen molar-refractivity contribution in [2.75, 3.05) is 26.2 Å². The smallest absolute Gasteiger partial charge is 0.0733 e. The topological polar surface area (TPSA) is 12.5 Å². The minimum atomic E-state index is 0.440. The number of rotatable bonds is 5. The zero-order valence-corrected chi connectivity index (χ0v) is 13.3. The van der Waals surface area contributed by atoms with Crippen LogP contribution in [-0.2, 0) is 4.74 Å². The molecule has 1 rings (SSSR count). The highest BCUT2D eigenvalue weighted by atomic mass is 16.5. The molecule has 18 heavy (non-hydrogen) atoms. The fourth-order valence-electron chi connectivity index (χ4n) is 2.85. The number of ether oxygens (including phenoxy) is 1. The van der Waals surface area contributed by atoms with Crippen molar-refractivity contribution in [3.63, 3.8) is 0 Å². The van der Waals surface area contributed by atoms with Crippen LogP contribution in [0.15, 0.2) is 0 Å². The Morgan fingerprint density at radius 2 is 1.94 bits per heavy atom. The van der Waals surface area contributed by atoms with Crippen LogP contribution >= 0.6 is 0 Å². The highest BCUT2D eigenvalue weighted by molar-refractivity contribution is 4.80. The van der Waals surface area contributed by atoms with E-state index < -0.39 is 0 Å². The molecule has 0 aromatic heterocycles. The largest absolute Gasteiger partial charge is 0.375 e. The molecule has 1 heterocycles. The monoisotopic (exact) mass is 255 g/mol. The minimum absolute atomic E-state index is 0.440. The predicted molar refractivity (Wildman–Crippen MR) is 78.9 cm³/mol. The van der Waals surface area contributed by atoms with Gasteiger partial charge in [-0.05, 0) is 30.2 Å². The van der Waals surface area contributed by atoms with E-state index in [9.17, 15) is 0 Å². The summed E-state index contributed by atoms with van der Waals surface area (Å²) in [5.74, 6) is 1.44. The lowest BCUT2D eigenvalue weighted by Crippen LogP contribution is -2.47. The summed E-state index contributed by atoms with van der Waals surface area (Å²) in [5.41, 5.74) is 0.440. The fraction of sp³-hybridized carbons (Fsp3) is 1.00. The maximum Gasteiger partial charge on any atom is 0.0733 e. The molecule has 1 fully saturated rings. The molecule has 0 radical (unpaired) electrons. The Hall–Kier alpha value is -0.0800. The molecule has 0 spiro atoms. The molecular weight excluding hydrogens is 222 g/mol. The summed E-state index contributed by atoms with van der Waals surface area (Å²) in [5, 5.41) is 0. The van der Waals surface area contributed by atoms with E-state index in [1.54, 1.807) is 0 Å². The first kappa shape index (κ1) is 16.0. The van der Waals surface area contributed by atoms with Crippen LogP contribution in [0.2, 0.25) is 0 Å². The van der Waals surface area contributed by atoms with Crippen LogP contribution in [-0.4, -0.2) is 37.2 Å². The first-order chi connectivity index (χ1) is 8.33. The molecule has 1 saturated heterocycles. The van der Waals surface area contributed by atoms with E-state index in [-0.39, 0.29) is 0 Å². The molecule has 1 aliphatic heterocycles. The number of nitrogens with zero attached hydrogens (tertiary/aromatic N) is 1. The summed E-state index contributed by atoms with van der Waals surface area (Å²) >= 11 is 0. The van der Waals surface area contributed by atoms with Crippen molar-refractivity contribution in [1.29, 1.82) is 0 Å². The molecule has 0 bridgehead atoms. The molecule has 2 heteroatoms. The van der Waals surface area contributed by atoms with E-state index in [0.717, 1.165) is 25.6 Å². The second kappa shape index (κ2) is 6.91. The molecule has 0 N–H and O–H groups in total. The Bertz CT molecular complexity index is 232. The van der Waals surface area contributed by atoms with Gasteiger partial charge in [0.15, 0.2) is 0 Å². The maximum absolute atomic E-state index is 6.01. The molecule has 0 amide bonds. The van der Waals surface area contributed by atoms with Gasteiger partial charge in [-0.2, -0.15) is 0 Å². The average molecular weight is 255 g/mol. The van der Waals surface area contributed by atoms with Crippen LogP contribution in [0.25, 0.3) is 0 Å². The van der Waals surface area contributed by atoms with Crippen molar-refractivity contribution in [3.8, 4) is 0 Å². The molecule has 1 aliphatic rings. The lowest BCUT2D eigenvalue weighted by atomic mass is 9.86. The SMILES string of the molecule is CCC(C(C)C)[C@@H]1CN(CCC(C)(C)C)CCO1. The third-order valence-electron chi connectivity index (χ3n) is 4.16. The van der Waals surface area contributed by atoms with Crippen molar-refractivity contribution in [1.82, 2.24) is 4.90 Å². The van der Waals surface area contributed by atoms with Gasteiger partial charge in [-0.25, -0.2) is 0 Å². The van der Waals surface area contributed by atoms with Crippen molar-refractivity contribution >= 4 is 0 Å². The fourth-order valence-corrected chi connectivity index (χ4v) is 2.85. The summed E-state index contributed by atoms with van der Waals surface area (Å²) in [7, 11) is 0. The number of hydrogen-bond acceptors (Lipinski definition) is 2. The quantitative estimate of drug-likeness (QED) is 0.741. The highest BCUT2D eigenvalue weighted by Crippen LogP contribution is 2.25. The normalized spacial score (nSPS) is 24.5. The van der Waals surface area contributed by atoms with Crippen molar-refractivity contribution in [3.05, 3.63) is 0 Å². The van der Waals surface area contributed by atoms with Crippen LogP contribution in [0.3, 0.4) is 0 Å². The van der Waals surface area contributed by atoms with Gasteiger partial charge in [0.25, 0.3) is 0 Å². The van der Waals surface area contributed by atoms with E-state index in [1.165, 1.54) is 19.4 Å². The Morgan fingerprint density at radius 1 is 1.28 bits per heavy atom. The first-order valence-corrected chi connectivity index (χ1v) is 7.67. The highest BCUT2D eigenvalue weighted by Gasteiger charge is 2.29. The van der Waals surface area contributed by atoms with Gasteiger partial charge in [0.2, 0.25) is 0 Å². The molecule has 2 atom stereocenters. The van der Waals surface area contributed by atoms with E-state index in [4.69, 9.17) is 4.74 Å². The van der Waals surface area contributed by atoms with Crippen LogP contribution in [0.1, 0.15) is 54.4 Å². The summed E-state index contributed by atoms with van der Waals surface area (Å²) in [6, 6.07) is 0. The van der Waals surface area contributed by atoms with Crippen LogP contribution in [0.4, 0.5) is 0 Å². The van der Waals surface area contributed by atoms with Crippen LogP contribution in [0, 0.1) is 17.3 Å². The molecule has 2 nitrogen and oxygen atoms in total. The molecule has 0 aliphatic carbocycles. The van der Waals surface area contributed by atoms with Gasteiger partial charge in [-0.1, -0.05) is 48.0 Å². The van der Waals surface area contributed by atoms with Crippen LogP contribution in [0.5, 0.6) is 0 Å². The molecule has 0 aromatic rings. The van der Waals surface area contributed by atoms with Gasteiger partial charge in [-0.15, -0.1) is 0 Å². The minimum Gasteiger partial charge on any atom is -0.375 e. The summed E-state index contributed by atoms with van der Waals surface area (Å²) in [6.07, 6.45) is 2.96. The van der Waals surface area contributed by atoms with E-state index in [1.807, 2.05) is 0 Å². The molecule has 1 unspecified atom stereocenters. The molecule has 0 aromatic carbocycles.